The molecule has 1 N–H and O–H groups in total. The third kappa shape index (κ3) is 5.08. The summed E-state index contributed by atoms with van der Waals surface area (Å²) in [6, 6.07) is 23.7. The van der Waals surface area contributed by atoms with Gasteiger partial charge in [0.15, 0.2) is 0 Å². The van der Waals surface area contributed by atoms with Crippen LogP contribution in [0, 0.1) is 11.8 Å². The number of nitrogens with zero attached hydrogens (tertiary/aromatic N) is 2. The van der Waals surface area contributed by atoms with Gasteiger partial charge in [-0.3, -0.25) is 9.78 Å². The molecule has 1 fully saturated rings. The van der Waals surface area contributed by atoms with Crippen LogP contribution in [0.2, 0.25) is 0 Å². The lowest BCUT2D eigenvalue weighted by molar-refractivity contribution is 0.0739. The first-order chi connectivity index (χ1) is 15.5. The number of pyridine rings is 1. The van der Waals surface area contributed by atoms with Gasteiger partial charge in [0.25, 0.3) is 5.91 Å². The number of aliphatic hydroxyl groups is 1. The molecule has 1 aliphatic rings. The van der Waals surface area contributed by atoms with Gasteiger partial charge in [-0.25, -0.2) is 0 Å². The molecule has 0 saturated heterocycles. The van der Waals surface area contributed by atoms with E-state index in [4.69, 9.17) is 0 Å². The summed E-state index contributed by atoms with van der Waals surface area (Å²) in [6.45, 7) is 2.00. The van der Waals surface area contributed by atoms with Gasteiger partial charge in [-0.2, -0.15) is 0 Å². The minimum atomic E-state index is -0.377. The average molecular weight is 429 g/mol. The number of hydrogen-bond donors (Lipinski definition) is 1. The highest BCUT2D eigenvalue weighted by Gasteiger charge is 2.30. The molecule has 2 unspecified atom stereocenters. The number of rotatable bonds is 7. The highest BCUT2D eigenvalue weighted by molar-refractivity contribution is 5.94. The zero-order chi connectivity index (χ0) is 22.5. The second kappa shape index (κ2) is 10.1. The maximum absolute atomic E-state index is 12.9. The topological polar surface area (TPSA) is 53.4 Å². The molecule has 1 aliphatic carbocycles. The van der Waals surface area contributed by atoms with Gasteiger partial charge < -0.3 is 10.0 Å². The molecular formula is C28H32N2O2. The van der Waals surface area contributed by atoms with Crippen LogP contribution in [0.25, 0.3) is 0 Å². The molecule has 4 rings (SSSR count). The molecule has 2 aromatic carbocycles. The van der Waals surface area contributed by atoms with Crippen LogP contribution < -0.4 is 0 Å². The standard InChI is InChI=1S/C28H32N2O2/c1-20(26-10-6-7-17-29-26)30(2)28(32)24-14-11-21(12-15-24)18-22-13-16-25(19-22)27(31)23-8-4-3-5-9-23/h3-12,14-15,17,20,22,25,27,31H,13,16,18-19H2,1-2H3/t20?,22?,25-,27+/m0/s1. The Morgan fingerprint density at radius 1 is 1.03 bits per heavy atom. The minimum Gasteiger partial charge on any atom is -0.388 e. The first-order valence-electron chi connectivity index (χ1n) is 11.5. The van der Waals surface area contributed by atoms with Gasteiger partial charge in [-0.1, -0.05) is 48.5 Å². The lowest BCUT2D eigenvalue weighted by atomic mass is 9.91. The Bertz CT molecular complexity index is 1000. The van der Waals surface area contributed by atoms with Gasteiger partial charge in [-0.15, -0.1) is 0 Å². The van der Waals surface area contributed by atoms with E-state index >= 15 is 0 Å². The van der Waals surface area contributed by atoms with Gasteiger partial charge in [-0.05, 0) is 79.8 Å². The lowest BCUT2D eigenvalue weighted by Crippen LogP contribution is -2.30. The number of hydrogen-bond acceptors (Lipinski definition) is 3. The maximum atomic E-state index is 12.9. The fourth-order valence-corrected chi connectivity index (χ4v) is 4.83. The lowest BCUT2D eigenvalue weighted by Gasteiger charge is -2.24. The Hall–Kier alpha value is -2.98. The van der Waals surface area contributed by atoms with Crippen LogP contribution in [0.1, 0.15) is 65.5 Å². The molecule has 4 heteroatoms. The molecule has 166 valence electrons. The van der Waals surface area contributed by atoms with Gasteiger partial charge in [0, 0.05) is 18.8 Å². The normalized spacial score (nSPS) is 20.0. The van der Waals surface area contributed by atoms with E-state index in [0.29, 0.717) is 17.4 Å². The predicted octanol–water partition coefficient (Wildman–Crippen LogP) is 5.61. The van der Waals surface area contributed by atoms with E-state index in [2.05, 4.69) is 17.1 Å². The highest BCUT2D eigenvalue weighted by atomic mass is 16.3. The number of carbonyl (C=O) groups excluding carboxylic acids is 1. The van der Waals surface area contributed by atoms with Gasteiger partial charge in [0.1, 0.15) is 0 Å². The number of carbonyl (C=O) groups is 1. The van der Waals surface area contributed by atoms with Gasteiger partial charge >= 0.3 is 0 Å². The van der Waals surface area contributed by atoms with Crippen LogP contribution in [0.4, 0.5) is 0 Å². The summed E-state index contributed by atoms with van der Waals surface area (Å²) >= 11 is 0. The van der Waals surface area contributed by atoms with Crippen molar-refractivity contribution in [2.75, 3.05) is 7.05 Å². The van der Waals surface area contributed by atoms with E-state index in [1.54, 1.807) is 11.1 Å². The summed E-state index contributed by atoms with van der Waals surface area (Å²) in [4.78, 5) is 19.1. The van der Waals surface area contributed by atoms with Crippen LogP contribution in [0.3, 0.4) is 0 Å². The molecule has 0 radical (unpaired) electrons. The van der Waals surface area contributed by atoms with E-state index in [1.807, 2.05) is 74.6 Å². The first kappa shape index (κ1) is 22.2. The smallest absolute Gasteiger partial charge is 0.254 e. The third-order valence-corrected chi connectivity index (χ3v) is 6.91. The SMILES string of the molecule is CC(c1ccccn1)N(C)C(=O)c1ccc(CC2CC[C@H]([C@H](O)c3ccccc3)C2)cc1. The second-order valence-electron chi connectivity index (χ2n) is 9.04. The zero-order valence-electron chi connectivity index (χ0n) is 18.9. The molecule has 1 amide bonds. The van der Waals surface area contributed by atoms with E-state index < -0.39 is 0 Å². The molecule has 4 nitrogen and oxygen atoms in total. The van der Waals surface area contributed by atoms with Crippen molar-refractivity contribution in [2.45, 2.75) is 44.8 Å². The number of aliphatic hydroxyl groups excluding tert-OH is 1. The highest BCUT2D eigenvalue weighted by Crippen LogP contribution is 2.40. The van der Waals surface area contributed by atoms with Crippen molar-refractivity contribution in [3.8, 4) is 0 Å². The summed E-state index contributed by atoms with van der Waals surface area (Å²) < 4.78 is 0. The predicted molar refractivity (Wildman–Crippen MR) is 127 cm³/mol. The number of aromatic nitrogens is 1. The van der Waals surface area contributed by atoms with Crippen molar-refractivity contribution in [3.05, 3.63) is 101 Å². The fraction of sp³-hybridized carbons (Fsp3) is 0.357. The molecular weight excluding hydrogens is 396 g/mol. The van der Waals surface area contributed by atoms with Crippen LogP contribution in [0.15, 0.2) is 79.0 Å². The van der Waals surface area contributed by atoms with E-state index in [9.17, 15) is 9.90 Å². The van der Waals surface area contributed by atoms with Crippen molar-refractivity contribution < 1.29 is 9.90 Å². The summed E-state index contributed by atoms with van der Waals surface area (Å²) in [5, 5.41) is 10.7. The summed E-state index contributed by atoms with van der Waals surface area (Å²) in [6.07, 6.45) is 5.62. The van der Waals surface area contributed by atoms with E-state index in [-0.39, 0.29) is 18.1 Å². The molecule has 4 atom stereocenters. The van der Waals surface area contributed by atoms with Crippen LogP contribution in [0.5, 0.6) is 0 Å². The Morgan fingerprint density at radius 3 is 2.44 bits per heavy atom. The molecule has 1 aromatic heterocycles. The van der Waals surface area contributed by atoms with E-state index in [0.717, 1.165) is 36.9 Å². The summed E-state index contributed by atoms with van der Waals surface area (Å²) in [5.74, 6) is 0.901. The molecule has 3 aromatic rings. The van der Waals surface area contributed by atoms with Gasteiger partial charge in [0.2, 0.25) is 0 Å². The second-order valence-corrected chi connectivity index (χ2v) is 9.04. The third-order valence-electron chi connectivity index (χ3n) is 6.91. The largest absolute Gasteiger partial charge is 0.388 e. The van der Waals surface area contributed by atoms with Crippen LogP contribution >= 0.6 is 0 Å². The van der Waals surface area contributed by atoms with Crippen LogP contribution in [-0.2, 0) is 6.42 Å². The minimum absolute atomic E-state index is 0.00150. The molecule has 0 aliphatic heterocycles. The van der Waals surface area contributed by atoms with E-state index in [1.165, 1.54) is 5.56 Å². The van der Waals surface area contributed by atoms with Crippen LogP contribution in [-0.4, -0.2) is 27.9 Å². The Balaban J connectivity index is 1.33. The molecule has 0 spiro atoms. The van der Waals surface area contributed by atoms with Crippen molar-refractivity contribution in [1.82, 2.24) is 9.88 Å². The number of amides is 1. The average Bonchev–Trinajstić information content (AvgIpc) is 3.32. The molecule has 1 saturated carbocycles. The quantitative estimate of drug-likeness (QED) is 0.532. The van der Waals surface area contributed by atoms with Crippen molar-refractivity contribution in [3.63, 3.8) is 0 Å². The summed E-state index contributed by atoms with van der Waals surface area (Å²) in [5.41, 5.74) is 3.85. The van der Waals surface area contributed by atoms with Crippen molar-refractivity contribution in [1.29, 1.82) is 0 Å². The molecule has 32 heavy (non-hydrogen) atoms. The fourth-order valence-electron chi connectivity index (χ4n) is 4.83. The Labute approximate surface area is 190 Å². The number of benzene rings is 2. The zero-order valence-corrected chi connectivity index (χ0v) is 18.9. The van der Waals surface area contributed by atoms with Gasteiger partial charge in [0.05, 0.1) is 17.8 Å². The Morgan fingerprint density at radius 2 is 1.75 bits per heavy atom. The Kier molecular flexibility index (Phi) is 7.01. The van der Waals surface area contributed by atoms with Crippen molar-refractivity contribution in [2.24, 2.45) is 11.8 Å². The maximum Gasteiger partial charge on any atom is 0.254 e. The van der Waals surface area contributed by atoms with Crippen molar-refractivity contribution >= 4 is 5.91 Å². The summed E-state index contributed by atoms with van der Waals surface area (Å²) in [7, 11) is 1.83. The monoisotopic (exact) mass is 428 g/mol. The molecule has 0 bridgehead atoms. The first-order valence-corrected chi connectivity index (χ1v) is 11.5. The molecule has 1 heterocycles.